The number of carboxylic acids is 1. The van der Waals surface area contributed by atoms with E-state index in [1.807, 2.05) is 19.1 Å². The fraction of sp³-hybridized carbons (Fsp3) is 0.0769. The van der Waals surface area contributed by atoms with Crippen LogP contribution in [0.1, 0.15) is 15.9 Å². The van der Waals surface area contributed by atoms with Crippen molar-refractivity contribution in [3.63, 3.8) is 0 Å². The van der Waals surface area contributed by atoms with Crippen LogP contribution in [0.2, 0.25) is 0 Å². The number of pyridine rings is 1. The molecule has 0 radical (unpaired) electrons. The van der Waals surface area contributed by atoms with Gasteiger partial charge in [0.15, 0.2) is 0 Å². The molecule has 3 nitrogen and oxygen atoms in total. The lowest BCUT2D eigenvalue weighted by Crippen LogP contribution is -1.98. The molecule has 0 amide bonds. The second-order valence-electron chi connectivity index (χ2n) is 3.65. The average Bonchev–Trinajstić information content (AvgIpc) is 2.35. The molecule has 0 aliphatic heterocycles. The minimum absolute atomic E-state index is 0.290. The molecule has 1 aromatic heterocycles. The van der Waals surface area contributed by atoms with E-state index in [4.69, 9.17) is 5.11 Å². The molecule has 0 saturated heterocycles. The van der Waals surface area contributed by atoms with Crippen LogP contribution in [0, 0.1) is 6.92 Å². The zero-order chi connectivity index (χ0) is 13.1. The van der Waals surface area contributed by atoms with Gasteiger partial charge >= 0.3 is 5.97 Å². The first-order valence-corrected chi connectivity index (χ1v) is 6.82. The number of benzene rings is 1. The van der Waals surface area contributed by atoms with Crippen molar-refractivity contribution >= 4 is 33.7 Å². The molecule has 0 atom stereocenters. The molecule has 92 valence electrons. The van der Waals surface area contributed by atoms with Gasteiger partial charge in [-0.05, 0) is 46.6 Å². The third kappa shape index (κ3) is 2.73. The molecular weight excluding hydrogens is 314 g/mol. The molecule has 1 aromatic carbocycles. The number of carbonyl (C=O) groups is 1. The van der Waals surface area contributed by atoms with Crippen LogP contribution in [0.15, 0.2) is 50.9 Å². The Morgan fingerprint density at radius 2 is 2.06 bits per heavy atom. The number of nitrogens with zero attached hydrogens (tertiary/aromatic N) is 1. The first-order valence-electron chi connectivity index (χ1n) is 5.21. The molecule has 0 unspecified atom stereocenters. The van der Waals surface area contributed by atoms with Gasteiger partial charge in [0.25, 0.3) is 0 Å². The van der Waals surface area contributed by atoms with Gasteiger partial charge < -0.3 is 5.11 Å². The van der Waals surface area contributed by atoms with Crippen molar-refractivity contribution < 1.29 is 9.90 Å². The van der Waals surface area contributed by atoms with Gasteiger partial charge in [0, 0.05) is 11.1 Å². The summed E-state index contributed by atoms with van der Waals surface area (Å²) in [5.74, 6) is -0.929. The Hall–Kier alpha value is -1.33. The van der Waals surface area contributed by atoms with Crippen molar-refractivity contribution in [3.05, 3.63) is 52.1 Å². The van der Waals surface area contributed by atoms with Crippen LogP contribution >= 0.6 is 27.7 Å². The van der Waals surface area contributed by atoms with Gasteiger partial charge in [-0.3, -0.25) is 0 Å². The lowest BCUT2D eigenvalue weighted by atomic mass is 10.2. The Labute approximate surface area is 117 Å². The maximum atomic E-state index is 11.1. The van der Waals surface area contributed by atoms with Crippen molar-refractivity contribution in [1.29, 1.82) is 0 Å². The van der Waals surface area contributed by atoms with Crippen LogP contribution in [0.25, 0.3) is 0 Å². The van der Waals surface area contributed by atoms with E-state index in [0.29, 0.717) is 4.90 Å². The monoisotopic (exact) mass is 323 g/mol. The van der Waals surface area contributed by atoms with Gasteiger partial charge in [-0.1, -0.05) is 23.9 Å². The first-order chi connectivity index (χ1) is 8.59. The Balaban J connectivity index is 2.40. The van der Waals surface area contributed by atoms with E-state index in [-0.39, 0.29) is 5.56 Å². The smallest absolute Gasteiger partial charge is 0.336 e. The highest BCUT2D eigenvalue weighted by atomic mass is 79.9. The second kappa shape index (κ2) is 5.54. The van der Waals surface area contributed by atoms with Crippen LogP contribution in [0.5, 0.6) is 0 Å². The van der Waals surface area contributed by atoms with Crippen LogP contribution in [0.3, 0.4) is 0 Å². The third-order valence-electron chi connectivity index (χ3n) is 2.37. The highest BCUT2D eigenvalue weighted by Gasteiger charge is 2.13. The molecule has 0 aliphatic rings. The van der Waals surface area contributed by atoms with E-state index in [1.54, 1.807) is 24.4 Å². The summed E-state index contributed by atoms with van der Waals surface area (Å²) >= 11 is 4.81. The van der Waals surface area contributed by atoms with E-state index in [2.05, 4.69) is 20.9 Å². The van der Waals surface area contributed by atoms with Gasteiger partial charge in [0.1, 0.15) is 5.03 Å². The molecule has 2 aromatic rings. The molecule has 0 fully saturated rings. The van der Waals surface area contributed by atoms with Gasteiger partial charge in [0.05, 0.1) is 10.0 Å². The molecule has 2 rings (SSSR count). The molecule has 1 heterocycles. The second-order valence-corrected chi connectivity index (χ2v) is 5.47. The number of aromatic nitrogens is 1. The maximum Gasteiger partial charge on any atom is 0.336 e. The molecule has 0 bridgehead atoms. The van der Waals surface area contributed by atoms with Gasteiger partial charge in [-0.2, -0.15) is 0 Å². The summed E-state index contributed by atoms with van der Waals surface area (Å²) in [4.78, 5) is 16.1. The standard InChI is InChI=1S/C13H10BrNO2S/c1-8-6-7-15-12(11(8)14)18-10-5-3-2-4-9(10)13(16)17/h2-7H,1H3,(H,16,17). The first kappa shape index (κ1) is 13.1. The maximum absolute atomic E-state index is 11.1. The summed E-state index contributed by atoms with van der Waals surface area (Å²) in [5.41, 5.74) is 1.36. The SMILES string of the molecule is Cc1ccnc(Sc2ccccc2C(=O)O)c1Br. The van der Waals surface area contributed by atoms with E-state index in [9.17, 15) is 4.79 Å². The van der Waals surface area contributed by atoms with E-state index in [1.165, 1.54) is 11.8 Å². The quantitative estimate of drug-likeness (QED) is 0.927. The van der Waals surface area contributed by atoms with Crippen LogP contribution in [-0.4, -0.2) is 16.1 Å². The summed E-state index contributed by atoms with van der Waals surface area (Å²) in [6.45, 7) is 1.97. The molecule has 1 N–H and O–H groups in total. The van der Waals surface area contributed by atoms with Crippen molar-refractivity contribution in [2.45, 2.75) is 16.8 Å². The molecule has 5 heteroatoms. The fourth-order valence-corrected chi connectivity index (χ4v) is 2.88. The largest absolute Gasteiger partial charge is 0.478 e. The number of hydrogen-bond donors (Lipinski definition) is 1. The molecule has 0 saturated carbocycles. The molecule has 18 heavy (non-hydrogen) atoms. The highest BCUT2D eigenvalue weighted by molar-refractivity contribution is 9.10. The predicted molar refractivity (Wildman–Crippen MR) is 74.2 cm³/mol. The summed E-state index contributed by atoms with van der Waals surface area (Å²) in [6.07, 6.45) is 1.71. The molecule has 0 spiro atoms. The highest BCUT2D eigenvalue weighted by Crippen LogP contribution is 2.34. The summed E-state index contributed by atoms with van der Waals surface area (Å²) < 4.78 is 0.898. The fourth-order valence-electron chi connectivity index (χ4n) is 1.42. The summed E-state index contributed by atoms with van der Waals surface area (Å²) in [7, 11) is 0. The molecular formula is C13H10BrNO2S. The van der Waals surface area contributed by atoms with Crippen LogP contribution in [0.4, 0.5) is 0 Å². The van der Waals surface area contributed by atoms with E-state index >= 15 is 0 Å². The average molecular weight is 324 g/mol. The number of halogens is 1. The van der Waals surface area contributed by atoms with Crippen molar-refractivity contribution in [2.24, 2.45) is 0 Å². The van der Waals surface area contributed by atoms with E-state index in [0.717, 1.165) is 15.1 Å². The van der Waals surface area contributed by atoms with Gasteiger partial charge in [-0.25, -0.2) is 9.78 Å². The Morgan fingerprint density at radius 3 is 2.78 bits per heavy atom. The third-order valence-corrected chi connectivity index (χ3v) is 4.72. The number of rotatable bonds is 3. The van der Waals surface area contributed by atoms with Gasteiger partial charge in [-0.15, -0.1) is 0 Å². The predicted octanol–water partition coefficient (Wildman–Crippen LogP) is 4.00. The number of carboxylic acid groups (broad SMARTS) is 1. The zero-order valence-corrected chi connectivity index (χ0v) is 12.0. The van der Waals surface area contributed by atoms with Gasteiger partial charge in [0.2, 0.25) is 0 Å². The lowest BCUT2D eigenvalue weighted by molar-refractivity contribution is 0.0693. The minimum atomic E-state index is -0.929. The molecule has 0 aliphatic carbocycles. The normalized spacial score (nSPS) is 10.3. The minimum Gasteiger partial charge on any atom is -0.478 e. The summed E-state index contributed by atoms with van der Waals surface area (Å²) in [6, 6.07) is 8.81. The van der Waals surface area contributed by atoms with E-state index < -0.39 is 5.97 Å². The van der Waals surface area contributed by atoms with Crippen LogP contribution < -0.4 is 0 Å². The zero-order valence-electron chi connectivity index (χ0n) is 9.55. The van der Waals surface area contributed by atoms with Crippen molar-refractivity contribution in [1.82, 2.24) is 4.98 Å². The Bertz CT molecular complexity index is 601. The van der Waals surface area contributed by atoms with Crippen molar-refractivity contribution in [3.8, 4) is 0 Å². The Morgan fingerprint density at radius 1 is 1.33 bits per heavy atom. The summed E-state index contributed by atoms with van der Waals surface area (Å²) in [5, 5.41) is 9.89. The van der Waals surface area contributed by atoms with Crippen molar-refractivity contribution in [2.75, 3.05) is 0 Å². The topological polar surface area (TPSA) is 50.2 Å². The lowest BCUT2D eigenvalue weighted by Gasteiger charge is -2.07. The number of aromatic carboxylic acids is 1. The number of aryl methyl sites for hydroxylation is 1. The Kier molecular flexibility index (Phi) is 4.04. The van der Waals surface area contributed by atoms with Crippen LogP contribution in [-0.2, 0) is 0 Å². The number of hydrogen-bond acceptors (Lipinski definition) is 3.